The van der Waals surface area contributed by atoms with Gasteiger partial charge in [0.15, 0.2) is 5.16 Å². The molecule has 0 amide bonds. The third kappa shape index (κ3) is 3.56. The first-order valence-electron chi connectivity index (χ1n) is 6.21. The molecule has 21 heavy (non-hydrogen) atoms. The summed E-state index contributed by atoms with van der Waals surface area (Å²) in [4.78, 5) is 0. The van der Waals surface area contributed by atoms with E-state index in [1.807, 2.05) is 0 Å². The number of hydrogen-bond donors (Lipinski definition) is 1. The molecule has 1 atom stereocenters. The van der Waals surface area contributed by atoms with Gasteiger partial charge in [0.2, 0.25) is 0 Å². The minimum atomic E-state index is -4.40. The van der Waals surface area contributed by atoms with Gasteiger partial charge in [0, 0.05) is 18.8 Å². The van der Waals surface area contributed by atoms with Gasteiger partial charge in [-0.05, 0) is 18.6 Å². The molecule has 0 saturated heterocycles. The van der Waals surface area contributed by atoms with Crippen LogP contribution in [-0.2, 0) is 13.2 Å². The Morgan fingerprint density at radius 3 is 2.52 bits per heavy atom. The second kappa shape index (κ2) is 6.07. The van der Waals surface area contributed by atoms with Crippen molar-refractivity contribution in [3.8, 4) is 0 Å². The average molecular weight is 316 g/mol. The van der Waals surface area contributed by atoms with Crippen molar-refractivity contribution in [2.45, 2.75) is 24.3 Å². The van der Waals surface area contributed by atoms with Crippen LogP contribution < -0.4 is 5.73 Å². The first kappa shape index (κ1) is 15.8. The zero-order valence-electron chi connectivity index (χ0n) is 11.6. The topological polar surface area (TPSA) is 56.7 Å². The molecule has 1 unspecified atom stereocenters. The highest BCUT2D eigenvalue weighted by molar-refractivity contribution is 7.99. The Morgan fingerprint density at radius 1 is 1.29 bits per heavy atom. The first-order valence-corrected chi connectivity index (χ1v) is 7.19. The zero-order chi connectivity index (χ0) is 15.6. The van der Waals surface area contributed by atoms with Crippen LogP contribution >= 0.6 is 11.8 Å². The van der Waals surface area contributed by atoms with Crippen LogP contribution in [0.2, 0.25) is 0 Å². The molecule has 0 aliphatic rings. The van der Waals surface area contributed by atoms with Crippen molar-refractivity contribution in [1.82, 2.24) is 14.8 Å². The quantitative estimate of drug-likeness (QED) is 0.881. The minimum Gasteiger partial charge on any atom is -0.323 e. The second-order valence-corrected chi connectivity index (χ2v) is 5.58. The molecule has 2 rings (SSSR count). The van der Waals surface area contributed by atoms with Crippen molar-refractivity contribution < 1.29 is 13.2 Å². The van der Waals surface area contributed by atoms with Crippen molar-refractivity contribution in [3.63, 3.8) is 0 Å². The molecule has 0 radical (unpaired) electrons. The second-order valence-electron chi connectivity index (χ2n) is 4.59. The number of halogens is 3. The minimum absolute atomic E-state index is 0.0939. The van der Waals surface area contributed by atoms with E-state index in [1.54, 1.807) is 24.6 Å². The molecule has 0 saturated carbocycles. The van der Waals surface area contributed by atoms with Gasteiger partial charge in [-0.1, -0.05) is 30.0 Å². The molecule has 0 bridgehead atoms. The Kier molecular flexibility index (Phi) is 4.58. The Balaban J connectivity index is 2.14. The molecule has 0 spiro atoms. The Hall–Kier alpha value is -1.54. The number of benzene rings is 1. The summed E-state index contributed by atoms with van der Waals surface area (Å²) in [6.07, 6.45) is -4.40. The van der Waals surface area contributed by atoms with E-state index in [2.05, 4.69) is 10.2 Å². The lowest BCUT2D eigenvalue weighted by Crippen LogP contribution is -2.19. The van der Waals surface area contributed by atoms with Gasteiger partial charge in [0.05, 0.1) is 5.56 Å². The molecule has 8 heteroatoms. The summed E-state index contributed by atoms with van der Waals surface area (Å²) in [5, 5.41) is 8.48. The number of alkyl halides is 3. The van der Waals surface area contributed by atoms with E-state index < -0.39 is 17.8 Å². The average Bonchev–Trinajstić information content (AvgIpc) is 2.75. The fraction of sp³-hybridized carbons (Fsp3) is 0.385. The summed E-state index contributed by atoms with van der Waals surface area (Å²) in [6, 6.07) is 4.65. The monoisotopic (exact) mass is 316 g/mol. The van der Waals surface area contributed by atoms with Gasteiger partial charge in [0.25, 0.3) is 0 Å². The molecule has 1 aromatic heterocycles. The van der Waals surface area contributed by atoms with E-state index in [1.165, 1.54) is 23.9 Å². The highest BCUT2D eigenvalue weighted by atomic mass is 32.2. The molecule has 1 aromatic carbocycles. The molecule has 0 aliphatic carbocycles. The number of nitrogens with zero attached hydrogens (tertiary/aromatic N) is 3. The number of hydrogen-bond acceptors (Lipinski definition) is 4. The third-order valence-corrected chi connectivity index (χ3v) is 4.25. The fourth-order valence-electron chi connectivity index (χ4n) is 1.85. The predicted molar refractivity (Wildman–Crippen MR) is 74.8 cm³/mol. The van der Waals surface area contributed by atoms with Crippen LogP contribution in [-0.4, -0.2) is 20.5 Å². The smallest absolute Gasteiger partial charge is 0.323 e. The molecule has 2 N–H and O–H groups in total. The maximum Gasteiger partial charge on any atom is 0.416 e. The number of aromatic nitrogens is 3. The fourth-order valence-corrected chi connectivity index (χ4v) is 2.78. The lowest BCUT2D eigenvalue weighted by Gasteiger charge is -2.17. The molecule has 0 fully saturated rings. The van der Waals surface area contributed by atoms with Gasteiger partial charge < -0.3 is 10.3 Å². The third-order valence-electron chi connectivity index (χ3n) is 3.11. The van der Waals surface area contributed by atoms with Gasteiger partial charge in [-0.3, -0.25) is 0 Å². The Labute approximate surface area is 124 Å². The SMILES string of the molecule is Cc1nnc(SCC(N)c2ccccc2C(F)(F)F)n1C. The standard InChI is InChI=1S/C13H15F3N4S/c1-8-18-19-12(20(8)2)21-7-11(17)9-5-3-4-6-10(9)13(14,15)16/h3-6,11H,7,17H2,1-2H3. The van der Waals surface area contributed by atoms with Crippen LogP contribution in [0, 0.1) is 6.92 Å². The molecule has 4 nitrogen and oxygen atoms in total. The van der Waals surface area contributed by atoms with Crippen molar-refractivity contribution in [2.75, 3.05) is 5.75 Å². The maximum atomic E-state index is 13.0. The summed E-state index contributed by atoms with van der Waals surface area (Å²) in [7, 11) is 1.80. The largest absolute Gasteiger partial charge is 0.416 e. The summed E-state index contributed by atoms with van der Waals surface area (Å²) in [5.41, 5.74) is 5.33. The molecule has 1 heterocycles. The van der Waals surface area contributed by atoms with E-state index in [-0.39, 0.29) is 5.56 Å². The van der Waals surface area contributed by atoms with Crippen molar-refractivity contribution in [3.05, 3.63) is 41.2 Å². The van der Waals surface area contributed by atoms with Gasteiger partial charge in [-0.25, -0.2) is 0 Å². The van der Waals surface area contributed by atoms with Crippen LogP contribution in [0.5, 0.6) is 0 Å². The summed E-state index contributed by atoms with van der Waals surface area (Å²) in [6.45, 7) is 1.80. The molecule has 2 aromatic rings. The summed E-state index contributed by atoms with van der Waals surface area (Å²) >= 11 is 1.29. The summed E-state index contributed by atoms with van der Waals surface area (Å²) in [5.74, 6) is 1.03. The van der Waals surface area contributed by atoms with Crippen LogP contribution in [0.25, 0.3) is 0 Å². The highest BCUT2D eigenvalue weighted by Gasteiger charge is 2.34. The molecular weight excluding hydrogens is 301 g/mol. The van der Waals surface area contributed by atoms with E-state index in [4.69, 9.17) is 5.73 Å². The van der Waals surface area contributed by atoms with Gasteiger partial charge in [-0.15, -0.1) is 10.2 Å². The molecule has 114 valence electrons. The number of thioether (sulfide) groups is 1. The van der Waals surface area contributed by atoms with Crippen molar-refractivity contribution in [1.29, 1.82) is 0 Å². The Morgan fingerprint density at radius 2 is 1.95 bits per heavy atom. The van der Waals surface area contributed by atoms with E-state index in [0.29, 0.717) is 10.9 Å². The predicted octanol–water partition coefficient (Wildman–Crippen LogP) is 2.93. The number of rotatable bonds is 4. The van der Waals surface area contributed by atoms with E-state index in [0.717, 1.165) is 11.9 Å². The van der Waals surface area contributed by atoms with Gasteiger partial charge in [-0.2, -0.15) is 13.2 Å². The Bertz CT molecular complexity index is 624. The van der Waals surface area contributed by atoms with Crippen LogP contribution in [0.15, 0.2) is 29.4 Å². The lowest BCUT2D eigenvalue weighted by molar-refractivity contribution is -0.138. The zero-order valence-corrected chi connectivity index (χ0v) is 12.4. The number of aryl methyl sites for hydroxylation is 1. The van der Waals surface area contributed by atoms with Crippen molar-refractivity contribution in [2.24, 2.45) is 12.8 Å². The maximum absolute atomic E-state index is 13.0. The lowest BCUT2D eigenvalue weighted by atomic mass is 10.0. The molecular formula is C13H15F3N4S. The van der Waals surface area contributed by atoms with Crippen LogP contribution in [0.3, 0.4) is 0 Å². The van der Waals surface area contributed by atoms with E-state index in [9.17, 15) is 13.2 Å². The molecule has 0 aliphatic heterocycles. The van der Waals surface area contributed by atoms with Crippen LogP contribution in [0.4, 0.5) is 13.2 Å². The van der Waals surface area contributed by atoms with Gasteiger partial charge in [0.1, 0.15) is 5.82 Å². The normalized spacial score (nSPS) is 13.4. The van der Waals surface area contributed by atoms with Crippen LogP contribution in [0.1, 0.15) is 23.0 Å². The van der Waals surface area contributed by atoms with Crippen molar-refractivity contribution >= 4 is 11.8 Å². The first-order chi connectivity index (χ1) is 9.80. The number of nitrogens with two attached hydrogens (primary N) is 1. The highest BCUT2D eigenvalue weighted by Crippen LogP contribution is 2.35. The van der Waals surface area contributed by atoms with Gasteiger partial charge >= 0.3 is 6.18 Å². The van der Waals surface area contributed by atoms with E-state index >= 15 is 0 Å². The summed E-state index contributed by atoms with van der Waals surface area (Å²) < 4.78 is 40.6.